The number of para-hydroxylation sites is 2. The predicted octanol–water partition coefficient (Wildman–Crippen LogP) is 16.0. The molecule has 0 radical (unpaired) electrons. The van der Waals surface area contributed by atoms with Crippen molar-refractivity contribution in [2.45, 2.75) is 47.0 Å². The Balaban J connectivity index is 1.23. The third-order valence-electron chi connectivity index (χ3n) is 13.6. The van der Waals surface area contributed by atoms with Gasteiger partial charge in [-0.1, -0.05) is 135 Å². The number of hydrogen-bond donors (Lipinski definition) is 0. The maximum Gasteiger partial charge on any atom is 0.0465 e. The van der Waals surface area contributed by atoms with Gasteiger partial charge in [-0.05, 0) is 181 Å². The van der Waals surface area contributed by atoms with Crippen molar-refractivity contribution in [2.75, 3.05) is 4.90 Å². The van der Waals surface area contributed by atoms with Gasteiger partial charge in [0.05, 0.1) is 0 Å². The van der Waals surface area contributed by atoms with Crippen LogP contribution in [0, 0.1) is 27.7 Å². The molecule has 0 aliphatic heterocycles. The quantitative estimate of drug-likeness (QED) is 0.170. The van der Waals surface area contributed by atoms with Gasteiger partial charge in [0.1, 0.15) is 0 Å². The molecule has 9 aromatic carbocycles. The molecule has 0 fully saturated rings. The van der Waals surface area contributed by atoms with E-state index < -0.39 is 0 Å². The summed E-state index contributed by atoms with van der Waals surface area (Å²) in [6.45, 7) is 14.0. The molecule has 9 aromatic rings. The molecule has 0 amide bonds. The highest BCUT2D eigenvalue weighted by molar-refractivity contribution is 6.29. The SMILES string of the molecule is Cc1cccc(-c2c3c(c(-c4cccc(C)c4C)c4ccccc24)-c2cc4c(c5cccc-3c25)-c2ccc(N(c3ccccc3)c3ccccc3)cc2C4(C)C)c1C. The van der Waals surface area contributed by atoms with E-state index in [1.807, 2.05) is 0 Å². The molecule has 0 saturated heterocycles. The Bertz CT molecular complexity index is 3130. The van der Waals surface area contributed by atoms with E-state index in [4.69, 9.17) is 0 Å². The van der Waals surface area contributed by atoms with Crippen LogP contribution in [0.25, 0.3) is 77.2 Å². The van der Waals surface area contributed by atoms with Gasteiger partial charge in [0, 0.05) is 22.5 Å². The monoisotopic (exact) mass is 743 g/mol. The fraction of sp³-hybridized carbons (Fsp3) is 0.123. The summed E-state index contributed by atoms with van der Waals surface area (Å²) in [7, 11) is 0. The number of rotatable bonds is 5. The highest BCUT2D eigenvalue weighted by atomic mass is 15.1. The molecule has 0 atom stereocenters. The van der Waals surface area contributed by atoms with E-state index in [2.05, 4.69) is 210 Å². The summed E-state index contributed by atoms with van der Waals surface area (Å²) in [5.74, 6) is 0. The van der Waals surface area contributed by atoms with E-state index in [-0.39, 0.29) is 5.41 Å². The van der Waals surface area contributed by atoms with E-state index in [0.717, 1.165) is 11.4 Å². The molecule has 0 saturated carbocycles. The van der Waals surface area contributed by atoms with Gasteiger partial charge in [-0.3, -0.25) is 0 Å². The average molecular weight is 744 g/mol. The Morgan fingerprint density at radius 3 is 1.43 bits per heavy atom. The molecule has 0 heterocycles. The van der Waals surface area contributed by atoms with Crippen molar-refractivity contribution >= 4 is 38.6 Å². The number of hydrogen-bond acceptors (Lipinski definition) is 1. The Labute approximate surface area is 341 Å². The molecule has 0 spiro atoms. The number of aryl methyl sites for hydroxylation is 2. The van der Waals surface area contributed by atoms with Crippen molar-refractivity contribution in [3.63, 3.8) is 0 Å². The van der Waals surface area contributed by atoms with Crippen LogP contribution in [0.15, 0.2) is 164 Å². The van der Waals surface area contributed by atoms with Crippen LogP contribution in [0.1, 0.15) is 47.2 Å². The second kappa shape index (κ2) is 12.7. The normalized spacial score (nSPS) is 13.1. The van der Waals surface area contributed by atoms with Gasteiger partial charge >= 0.3 is 0 Å². The summed E-state index contributed by atoms with van der Waals surface area (Å²) >= 11 is 0. The first-order valence-electron chi connectivity index (χ1n) is 20.6. The highest BCUT2D eigenvalue weighted by Crippen LogP contribution is 2.62. The topological polar surface area (TPSA) is 3.24 Å². The third kappa shape index (κ3) is 4.77. The molecule has 0 unspecified atom stereocenters. The molecule has 0 aromatic heterocycles. The summed E-state index contributed by atoms with van der Waals surface area (Å²) in [6, 6.07) is 61.2. The third-order valence-corrected chi connectivity index (χ3v) is 13.6. The van der Waals surface area contributed by atoms with Crippen molar-refractivity contribution in [1.82, 2.24) is 0 Å². The van der Waals surface area contributed by atoms with Crippen molar-refractivity contribution in [2.24, 2.45) is 0 Å². The second-order valence-electron chi connectivity index (χ2n) is 17.0. The number of nitrogens with zero attached hydrogens (tertiary/aromatic N) is 1. The lowest BCUT2D eigenvalue weighted by Gasteiger charge is -2.28. The molecule has 0 bridgehead atoms. The Morgan fingerprint density at radius 1 is 0.345 bits per heavy atom. The van der Waals surface area contributed by atoms with Crippen LogP contribution in [-0.4, -0.2) is 0 Å². The lowest BCUT2D eigenvalue weighted by atomic mass is 9.79. The summed E-state index contributed by atoms with van der Waals surface area (Å²) in [5.41, 5.74) is 24.7. The zero-order valence-electron chi connectivity index (χ0n) is 34.0. The zero-order chi connectivity index (χ0) is 39.4. The van der Waals surface area contributed by atoms with Crippen molar-refractivity contribution < 1.29 is 0 Å². The molecule has 1 heteroatoms. The summed E-state index contributed by atoms with van der Waals surface area (Å²) < 4.78 is 0. The van der Waals surface area contributed by atoms with Crippen LogP contribution in [0.3, 0.4) is 0 Å². The molecule has 11 rings (SSSR count). The van der Waals surface area contributed by atoms with Gasteiger partial charge in [0.2, 0.25) is 0 Å². The Hall–Kier alpha value is -6.70. The van der Waals surface area contributed by atoms with Crippen LogP contribution < -0.4 is 4.90 Å². The first-order chi connectivity index (χ1) is 28.2. The molecule has 58 heavy (non-hydrogen) atoms. The summed E-state index contributed by atoms with van der Waals surface area (Å²) in [5, 5.41) is 5.32. The van der Waals surface area contributed by atoms with Crippen molar-refractivity contribution in [1.29, 1.82) is 0 Å². The average Bonchev–Trinajstić information content (AvgIpc) is 3.69. The number of anilines is 3. The molecular formula is C57H45N. The first-order valence-corrected chi connectivity index (χ1v) is 20.6. The van der Waals surface area contributed by atoms with Gasteiger partial charge in [-0.15, -0.1) is 0 Å². The second-order valence-corrected chi connectivity index (χ2v) is 17.0. The molecule has 2 aliphatic carbocycles. The smallest absolute Gasteiger partial charge is 0.0465 e. The standard InChI is InChI=1S/C57H45N/c1-34-18-15-26-41(36(34)3)53-43-24-13-14-25-44(43)54(42-27-16-19-35(2)37(42)4)56-48-33-50-52(46-28-17-29-47(51(46)48)55(53)56)45-31-30-40(32-49(45)57(50,5)6)58(38-20-9-7-10-21-38)39-22-11-8-12-23-39/h7-33H,1-6H3. The van der Waals surface area contributed by atoms with Crippen LogP contribution in [0.5, 0.6) is 0 Å². The van der Waals surface area contributed by atoms with Crippen molar-refractivity contribution in [3.05, 3.63) is 197 Å². The molecular weight excluding hydrogens is 699 g/mol. The number of fused-ring (bicyclic) bond motifs is 8. The fourth-order valence-corrected chi connectivity index (χ4v) is 10.4. The molecule has 278 valence electrons. The minimum atomic E-state index is -0.241. The number of benzene rings is 9. The summed E-state index contributed by atoms with van der Waals surface area (Å²) in [4.78, 5) is 2.39. The van der Waals surface area contributed by atoms with E-state index in [0.29, 0.717) is 0 Å². The minimum Gasteiger partial charge on any atom is -0.310 e. The lowest BCUT2D eigenvalue weighted by molar-refractivity contribution is 0.661. The van der Waals surface area contributed by atoms with Gasteiger partial charge in [0.15, 0.2) is 0 Å². The Kier molecular flexibility index (Phi) is 7.53. The minimum absolute atomic E-state index is 0.241. The van der Waals surface area contributed by atoms with Crippen LogP contribution >= 0.6 is 0 Å². The lowest BCUT2D eigenvalue weighted by Crippen LogP contribution is -2.16. The van der Waals surface area contributed by atoms with E-state index in [1.54, 1.807) is 0 Å². The zero-order valence-corrected chi connectivity index (χ0v) is 34.0. The summed E-state index contributed by atoms with van der Waals surface area (Å²) in [6.07, 6.45) is 0. The maximum atomic E-state index is 2.59. The van der Waals surface area contributed by atoms with E-state index in [1.165, 1.54) is 116 Å². The van der Waals surface area contributed by atoms with Gasteiger partial charge in [0.25, 0.3) is 0 Å². The van der Waals surface area contributed by atoms with Gasteiger partial charge in [-0.2, -0.15) is 0 Å². The maximum absolute atomic E-state index is 2.59. The van der Waals surface area contributed by atoms with Crippen LogP contribution in [0.2, 0.25) is 0 Å². The van der Waals surface area contributed by atoms with Crippen LogP contribution in [-0.2, 0) is 5.41 Å². The van der Waals surface area contributed by atoms with Crippen molar-refractivity contribution in [3.8, 4) is 55.6 Å². The van der Waals surface area contributed by atoms with E-state index in [9.17, 15) is 0 Å². The van der Waals surface area contributed by atoms with E-state index >= 15 is 0 Å². The predicted molar refractivity (Wildman–Crippen MR) is 248 cm³/mol. The largest absolute Gasteiger partial charge is 0.310 e. The first kappa shape index (κ1) is 34.5. The van der Waals surface area contributed by atoms with Gasteiger partial charge < -0.3 is 4.90 Å². The Morgan fingerprint density at radius 2 is 0.845 bits per heavy atom. The molecule has 2 aliphatic rings. The molecule has 1 nitrogen and oxygen atoms in total. The fourth-order valence-electron chi connectivity index (χ4n) is 10.4. The molecule has 0 N–H and O–H groups in total. The highest BCUT2D eigenvalue weighted by Gasteiger charge is 2.41. The van der Waals surface area contributed by atoms with Crippen LogP contribution in [0.4, 0.5) is 17.1 Å². The van der Waals surface area contributed by atoms with Gasteiger partial charge in [-0.25, -0.2) is 0 Å².